The van der Waals surface area contributed by atoms with E-state index < -0.39 is 10.0 Å². The van der Waals surface area contributed by atoms with Crippen molar-refractivity contribution in [2.45, 2.75) is 55.3 Å². The van der Waals surface area contributed by atoms with Gasteiger partial charge in [-0.1, -0.05) is 0 Å². The van der Waals surface area contributed by atoms with E-state index in [9.17, 15) is 8.42 Å². The highest BCUT2D eigenvalue weighted by atomic mass is 32.2. The molecule has 0 spiro atoms. The summed E-state index contributed by atoms with van der Waals surface area (Å²) in [5.41, 5.74) is 5.70. The first kappa shape index (κ1) is 15.7. The molecule has 0 atom stereocenters. The Balaban J connectivity index is 2.06. The summed E-state index contributed by atoms with van der Waals surface area (Å²) >= 11 is 1.86. The van der Waals surface area contributed by atoms with Crippen LogP contribution in [0.5, 0.6) is 0 Å². The third kappa shape index (κ3) is 3.48. The summed E-state index contributed by atoms with van der Waals surface area (Å²) in [4.78, 5) is 0.0892. The fraction of sp³-hybridized carbons (Fsp3) is 0.750. The minimum atomic E-state index is -3.57. The maximum absolute atomic E-state index is 12.4. The molecule has 8 heteroatoms. The van der Waals surface area contributed by atoms with Crippen LogP contribution >= 0.6 is 11.8 Å². The molecule has 1 aliphatic carbocycles. The van der Waals surface area contributed by atoms with Crippen molar-refractivity contribution >= 4 is 27.6 Å². The Morgan fingerprint density at radius 1 is 1.45 bits per heavy atom. The number of nitrogens with zero attached hydrogens (tertiary/aromatic N) is 2. The first-order chi connectivity index (χ1) is 9.46. The van der Waals surface area contributed by atoms with E-state index in [0.29, 0.717) is 11.8 Å². The Hall–Kier alpha value is -0.730. The number of hydrogen-bond acceptors (Lipinski definition) is 5. The van der Waals surface area contributed by atoms with Crippen LogP contribution in [0.4, 0.5) is 5.82 Å². The van der Waals surface area contributed by atoms with Crippen molar-refractivity contribution in [3.8, 4) is 0 Å². The summed E-state index contributed by atoms with van der Waals surface area (Å²) in [5.74, 6) is 0.0668. The molecule has 0 bridgehead atoms. The minimum Gasteiger partial charge on any atom is -0.381 e. The van der Waals surface area contributed by atoms with Crippen molar-refractivity contribution in [2.24, 2.45) is 0 Å². The molecule has 1 saturated carbocycles. The molecule has 0 amide bonds. The molecule has 0 radical (unpaired) electrons. The van der Waals surface area contributed by atoms with Crippen molar-refractivity contribution in [3.63, 3.8) is 0 Å². The van der Waals surface area contributed by atoms with Crippen LogP contribution in [0.3, 0.4) is 0 Å². The summed E-state index contributed by atoms with van der Waals surface area (Å²) in [6.45, 7) is 2.48. The Kier molecular flexibility index (Phi) is 4.98. The van der Waals surface area contributed by atoms with Gasteiger partial charge in [0.25, 0.3) is 0 Å². The maximum atomic E-state index is 12.4. The van der Waals surface area contributed by atoms with E-state index in [0.717, 1.165) is 25.7 Å². The molecule has 1 aromatic rings. The summed E-state index contributed by atoms with van der Waals surface area (Å²) in [6.07, 6.45) is 7.47. The summed E-state index contributed by atoms with van der Waals surface area (Å²) in [7, 11) is -3.57. The first-order valence-electron chi connectivity index (χ1n) is 6.84. The average molecular weight is 318 g/mol. The molecule has 2 rings (SSSR count). The average Bonchev–Trinajstić information content (AvgIpc) is 2.81. The molecule has 1 aromatic heterocycles. The molecule has 0 aromatic carbocycles. The van der Waals surface area contributed by atoms with Gasteiger partial charge in [0, 0.05) is 24.0 Å². The second kappa shape index (κ2) is 6.36. The Bertz CT molecular complexity index is 548. The predicted octanol–water partition coefficient (Wildman–Crippen LogP) is 1.44. The van der Waals surface area contributed by atoms with Gasteiger partial charge in [-0.2, -0.15) is 16.9 Å². The fourth-order valence-corrected chi connectivity index (χ4v) is 4.61. The molecule has 20 heavy (non-hydrogen) atoms. The Morgan fingerprint density at radius 2 is 2.10 bits per heavy atom. The number of anilines is 1. The van der Waals surface area contributed by atoms with E-state index in [1.165, 1.54) is 10.9 Å². The van der Waals surface area contributed by atoms with Gasteiger partial charge in [0.05, 0.1) is 0 Å². The van der Waals surface area contributed by atoms with Gasteiger partial charge in [-0.05, 0) is 38.9 Å². The molecule has 0 unspecified atom stereocenters. The van der Waals surface area contributed by atoms with Gasteiger partial charge < -0.3 is 5.73 Å². The van der Waals surface area contributed by atoms with E-state index in [2.05, 4.69) is 16.1 Å². The molecule has 0 saturated heterocycles. The molecular weight excluding hydrogens is 296 g/mol. The summed E-state index contributed by atoms with van der Waals surface area (Å²) < 4.78 is 29.0. The number of thioether (sulfide) groups is 1. The van der Waals surface area contributed by atoms with E-state index in [1.807, 2.05) is 18.7 Å². The van der Waals surface area contributed by atoms with Crippen LogP contribution in [0, 0.1) is 0 Å². The van der Waals surface area contributed by atoms with Gasteiger partial charge in [-0.25, -0.2) is 13.1 Å². The van der Waals surface area contributed by atoms with Crippen molar-refractivity contribution in [1.82, 2.24) is 14.5 Å². The normalized spacial score (nSPS) is 23.9. The highest BCUT2D eigenvalue weighted by molar-refractivity contribution is 7.99. The molecule has 1 aliphatic rings. The summed E-state index contributed by atoms with van der Waals surface area (Å²) in [6, 6.07) is 0.00720. The van der Waals surface area contributed by atoms with Crippen molar-refractivity contribution in [3.05, 3.63) is 6.20 Å². The van der Waals surface area contributed by atoms with Gasteiger partial charge in [0.1, 0.15) is 4.90 Å². The Labute approximate surface area is 124 Å². The van der Waals surface area contributed by atoms with Gasteiger partial charge in [0.2, 0.25) is 10.0 Å². The molecule has 114 valence electrons. The first-order valence-corrected chi connectivity index (χ1v) is 9.61. The lowest BCUT2D eigenvalue weighted by Gasteiger charge is -2.27. The molecule has 1 heterocycles. The van der Waals surface area contributed by atoms with Crippen molar-refractivity contribution in [2.75, 3.05) is 12.0 Å². The highest BCUT2D eigenvalue weighted by Crippen LogP contribution is 2.28. The SMILES string of the molecule is CCn1cc(S(=O)(=O)NC2CCC(SC)CC2)c(N)n1. The van der Waals surface area contributed by atoms with Crippen LogP contribution in [-0.2, 0) is 16.6 Å². The number of sulfonamides is 1. The lowest BCUT2D eigenvalue weighted by molar-refractivity contribution is 0.420. The predicted molar refractivity (Wildman–Crippen MR) is 82.2 cm³/mol. The van der Waals surface area contributed by atoms with Crippen LogP contribution in [0.1, 0.15) is 32.6 Å². The second-order valence-electron chi connectivity index (χ2n) is 5.06. The van der Waals surface area contributed by atoms with Crippen LogP contribution in [0.2, 0.25) is 0 Å². The maximum Gasteiger partial charge on any atom is 0.246 e. The second-order valence-corrected chi connectivity index (χ2v) is 7.89. The highest BCUT2D eigenvalue weighted by Gasteiger charge is 2.27. The lowest BCUT2D eigenvalue weighted by atomic mass is 9.96. The topological polar surface area (TPSA) is 90.0 Å². The number of nitrogens with one attached hydrogen (secondary N) is 1. The van der Waals surface area contributed by atoms with Crippen molar-refractivity contribution in [1.29, 1.82) is 0 Å². The van der Waals surface area contributed by atoms with Crippen LogP contribution in [0.15, 0.2) is 11.1 Å². The third-order valence-electron chi connectivity index (χ3n) is 3.70. The number of hydrogen-bond donors (Lipinski definition) is 2. The smallest absolute Gasteiger partial charge is 0.246 e. The number of aryl methyl sites for hydroxylation is 1. The Morgan fingerprint density at radius 3 is 2.60 bits per heavy atom. The lowest BCUT2D eigenvalue weighted by Crippen LogP contribution is -2.38. The van der Waals surface area contributed by atoms with E-state index in [-0.39, 0.29) is 16.8 Å². The standard InChI is InChI=1S/C12H22N4O2S2/c1-3-16-8-11(12(13)14-16)20(17,18)15-9-4-6-10(19-2)7-5-9/h8-10,15H,3-7H2,1-2H3,(H2,13,14). The van der Waals surface area contributed by atoms with Gasteiger partial charge >= 0.3 is 0 Å². The van der Waals surface area contributed by atoms with E-state index in [1.54, 1.807) is 0 Å². The largest absolute Gasteiger partial charge is 0.381 e. The minimum absolute atomic E-state index is 0.00720. The van der Waals surface area contributed by atoms with Crippen LogP contribution < -0.4 is 10.5 Å². The zero-order valence-corrected chi connectivity index (χ0v) is 13.5. The zero-order valence-electron chi connectivity index (χ0n) is 11.9. The van der Waals surface area contributed by atoms with Gasteiger partial charge in [-0.3, -0.25) is 4.68 Å². The number of aromatic nitrogens is 2. The quantitative estimate of drug-likeness (QED) is 0.857. The van der Waals surface area contributed by atoms with Crippen molar-refractivity contribution < 1.29 is 8.42 Å². The van der Waals surface area contributed by atoms with Gasteiger partial charge in [0.15, 0.2) is 5.82 Å². The summed E-state index contributed by atoms with van der Waals surface area (Å²) in [5, 5.41) is 4.64. The third-order valence-corrected chi connectivity index (χ3v) is 6.37. The molecule has 0 aliphatic heterocycles. The molecule has 6 nitrogen and oxygen atoms in total. The zero-order chi connectivity index (χ0) is 14.8. The molecule has 1 fully saturated rings. The van der Waals surface area contributed by atoms with E-state index >= 15 is 0 Å². The number of rotatable bonds is 5. The monoisotopic (exact) mass is 318 g/mol. The van der Waals surface area contributed by atoms with Gasteiger partial charge in [-0.15, -0.1) is 0 Å². The molecular formula is C12H22N4O2S2. The number of nitrogens with two attached hydrogens (primary N) is 1. The fourth-order valence-electron chi connectivity index (χ4n) is 2.49. The van der Waals surface area contributed by atoms with Crippen LogP contribution in [-0.4, -0.2) is 35.7 Å². The number of nitrogen functional groups attached to an aromatic ring is 1. The van der Waals surface area contributed by atoms with E-state index in [4.69, 9.17) is 5.73 Å². The van der Waals surface area contributed by atoms with Crippen LogP contribution in [0.25, 0.3) is 0 Å². The molecule has 3 N–H and O–H groups in total.